The van der Waals surface area contributed by atoms with E-state index in [4.69, 9.17) is 5.73 Å². The van der Waals surface area contributed by atoms with E-state index in [1.165, 1.54) is 24.3 Å². The average Bonchev–Trinajstić information content (AvgIpc) is 2.64. The number of phenols is 1. The topological polar surface area (TPSA) is 192 Å². The van der Waals surface area contributed by atoms with E-state index in [-0.39, 0.29) is 27.8 Å². The normalized spacial score (nSPS) is 12.5. The first-order valence-electron chi connectivity index (χ1n) is 8.15. The molecule has 0 atom stereocenters. The molecule has 158 valence electrons. The fourth-order valence-electron chi connectivity index (χ4n) is 2.79. The van der Waals surface area contributed by atoms with Crippen molar-refractivity contribution in [2.75, 3.05) is 18.1 Å². The SMILES string of the molecule is CNc1ccc2cc(S(=O)(=O)O)cc(O)c2c1N=Nc1cc(N)ccc1S(=O)(=O)O. The number of nitrogens with one attached hydrogen (secondary N) is 1. The smallest absolute Gasteiger partial charge is 0.296 e. The van der Waals surface area contributed by atoms with Gasteiger partial charge in [-0.2, -0.15) is 16.8 Å². The zero-order valence-corrected chi connectivity index (χ0v) is 16.9. The molecule has 0 unspecified atom stereocenters. The van der Waals surface area contributed by atoms with Gasteiger partial charge in [0.2, 0.25) is 0 Å². The van der Waals surface area contributed by atoms with Gasteiger partial charge >= 0.3 is 0 Å². The zero-order chi connectivity index (χ0) is 22.3. The first-order chi connectivity index (χ1) is 13.9. The fraction of sp³-hybridized carbons (Fsp3) is 0.0588. The van der Waals surface area contributed by atoms with Crippen LogP contribution in [0.4, 0.5) is 22.7 Å². The molecule has 0 spiro atoms. The van der Waals surface area contributed by atoms with Crippen LogP contribution < -0.4 is 11.1 Å². The molecule has 6 N–H and O–H groups in total. The second-order valence-electron chi connectivity index (χ2n) is 6.13. The van der Waals surface area contributed by atoms with Crippen molar-refractivity contribution in [1.82, 2.24) is 0 Å². The summed E-state index contributed by atoms with van der Waals surface area (Å²) < 4.78 is 64.6. The van der Waals surface area contributed by atoms with Gasteiger partial charge in [-0.15, -0.1) is 10.2 Å². The first kappa shape index (κ1) is 21.4. The second-order valence-corrected chi connectivity index (χ2v) is 8.94. The molecule has 0 aromatic heterocycles. The van der Waals surface area contributed by atoms with Crippen molar-refractivity contribution in [3.63, 3.8) is 0 Å². The van der Waals surface area contributed by atoms with E-state index in [2.05, 4.69) is 15.5 Å². The Kier molecular flexibility index (Phi) is 5.38. The molecule has 0 aliphatic rings. The summed E-state index contributed by atoms with van der Waals surface area (Å²) in [7, 11) is -7.61. The Morgan fingerprint density at radius 1 is 0.933 bits per heavy atom. The molecule has 0 radical (unpaired) electrons. The number of hydrogen-bond acceptors (Lipinski definition) is 9. The lowest BCUT2D eigenvalue weighted by molar-refractivity contribution is 0.471. The van der Waals surface area contributed by atoms with Gasteiger partial charge in [-0.05, 0) is 35.7 Å². The molecule has 0 saturated heterocycles. The predicted octanol–water partition coefficient (Wildman–Crippen LogP) is 3.08. The number of hydrogen-bond donors (Lipinski definition) is 5. The molecule has 0 amide bonds. The van der Waals surface area contributed by atoms with Crippen molar-refractivity contribution < 1.29 is 31.0 Å². The van der Waals surface area contributed by atoms with Gasteiger partial charge in [-0.3, -0.25) is 9.11 Å². The molecule has 0 aliphatic carbocycles. The number of fused-ring (bicyclic) bond motifs is 1. The van der Waals surface area contributed by atoms with Crippen LogP contribution in [0, 0.1) is 0 Å². The van der Waals surface area contributed by atoms with Crippen molar-refractivity contribution in [3.8, 4) is 5.75 Å². The number of benzene rings is 3. The van der Waals surface area contributed by atoms with Crippen molar-refractivity contribution >= 4 is 53.8 Å². The molecule has 30 heavy (non-hydrogen) atoms. The van der Waals surface area contributed by atoms with Crippen molar-refractivity contribution in [2.24, 2.45) is 10.2 Å². The standard InChI is InChI=1S/C17H16N4O7S2/c1-19-12-4-2-9-6-11(29(23,24)25)8-14(22)16(9)17(12)21-20-13-7-10(18)3-5-15(13)30(26,27)28/h2-8,19,22H,18H2,1H3,(H,23,24,25)(H,26,27,28). The van der Waals surface area contributed by atoms with Gasteiger partial charge in [0.1, 0.15) is 22.0 Å². The van der Waals surface area contributed by atoms with Gasteiger partial charge in [0.05, 0.1) is 16.0 Å². The second kappa shape index (κ2) is 7.53. The van der Waals surface area contributed by atoms with Crippen LogP contribution in [-0.4, -0.2) is 38.1 Å². The molecule has 0 aliphatic heterocycles. The van der Waals surface area contributed by atoms with Crippen LogP contribution in [0.3, 0.4) is 0 Å². The number of aromatic hydroxyl groups is 1. The van der Waals surface area contributed by atoms with Crippen LogP contribution in [0.2, 0.25) is 0 Å². The van der Waals surface area contributed by atoms with Crippen molar-refractivity contribution in [1.29, 1.82) is 0 Å². The molecular weight excluding hydrogens is 436 g/mol. The highest BCUT2D eigenvalue weighted by Gasteiger charge is 2.19. The van der Waals surface area contributed by atoms with Crippen LogP contribution in [-0.2, 0) is 20.2 Å². The Morgan fingerprint density at radius 3 is 2.23 bits per heavy atom. The Labute approximate surface area is 171 Å². The number of anilines is 2. The Bertz CT molecular complexity index is 1400. The molecule has 3 aromatic carbocycles. The van der Waals surface area contributed by atoms with Gasteiger partial charge in [-0.25, -0.2) is 0 Å². The summed E-state index contributed by atoms with van der Waals surface area (Å²) >= 11 is 0. The Hall–Kier alpha value is -3.26. The molecule has 13 heteroatoms. The van der Waals surface area contributed by atoms with E-state index in [0.29, 0.717) is 5.69 Å². The Morgan fingerprint density at radius 2 is 1.63 bits per heavy atom. The van der Waals surface area contributed by atoms with E-state index < -0.39 is 35.8 Å². The summed E-state index contributed by atoms with van der Waals surface area (Å²) in [6.07, 6.45) is 0. The third kappa shape index (κ3) is 4.18. The maximum Gasteiger partial charge on any atom is 0.296 e. The highest BCUT2D eigenvalue weighted by Crippen LogP contribution is 2.41. The summed E-state index contributed by atoms with van der Waals surface area (Å²) in [4.78, 5) is -1.04. The van der Waals surface area contributed by atoms with Crippen LogP contribution in [0.1, 0.15) is 0 Å². The molecular formula is C17H16N4O7S2. The molecule has 0 bridgehead atoms. The lowest BCUT2D eigenvalue weighted by Crippen LogP contribution is -1.99. The minimum Gasteiger partial charge on any atom is -0.507 e. The number of azo groups is 1. The molecule has 11 nitrogen and oxygen atoms in total. The minimum atomic E-state index is -4.61. The van der Waals surface area contributed by atoms with Gasteiger partial charge in [0.25, 0.3) is 20.2 Å². The van der Waals surface area contributed by atoms with E-state index in [1.54, 1.807) is 7.05 Å². The van der Waals surface area contributed by atoms with Gasteiger partial charge in [0.15, 0.2) is 0 Å². The number of nitrogens with two attached hydrogens (primary N) is 1. The summed E-state index contributed by atoms with van der Waals surface area (Å²) in [6.45, 7) is 0. The molecule has 0 fully saturated rings. The van der Waals surface area contributed by atoms with E-state index in [9.17, 15) is 31.0 Å². The maximum atomic E-state index is 11.6. The fourth-order valence-corrected chi connectivity index (χ4v) is 3.93. The number of nitrogens with zero attached hydrogens (tertiary/aromatic N) is 2. The van der Waals surface area contributed by atoms with Crippen LogP contribution in [0.25, 0.3) is 10.8 Å². The number of phenolic OH excluding ortho intramolecular Hbond substituents is 1. The highest BCUT2D eigenvalue weighted by atomic mass is 32.2. The maximum absolute atomic E-state index is 11.6. The Balaban J connectivity index is 2.28. The number of rotatable bonds is 5. The average molecular weight is 452 g/mol. The summed E-state index contributed by atoms with van der Waals surface area (Å²) in [5.74, 6) is -0.506. The summed E-state index contributed by atoms with van der Waals surface area (Å²) in [5.41, 5.74) is 6.01. The van der Waals surface area contributed by atoms with Crippen molar-refractivity contribution in [2.45, 2.75) is 9.79 Å². The largest absolute Gasteiger partial charge is 0.507 e. The summed E-state index contributed by atoms with van der Waals surface area (Å²) in [5, 5.41) is 21.4. The van der Waals surface area contributed by atoms with Crippen LogP contribution in [0.5, 0.6) is 5.75 Å². The van der Waals surface area contributed by atoms with Gasteiger partial charge in [-0.1, -0.05) is 6.07 Å². The van der Waals surface area contributed by atoms with Crippen molar-refractivity contribution in [3.05, 3.63) is 42.5 Å². The van der Waals surface area contributed by atoms with E-state index >= 15 is 0 Å². The van der Waals surface area contributed by atoms with Crippen LogP contribution in [0.15, 0.2) is 62.5 Å². The number of nitrogen functional groups attached to an aromatic ring is 1. The lowest BCUT2D eigenvalue weighted by Gasteiger charge is -2.11. The zero-order valence-electron chi connectivity index (χ0n) is 15.3. The highest BCUT2D eigenvalue weighted by molar-refractivity contribution is 7.86. The lowest BCUT2D eigenvalue weighted by atomic mass is 10.1. The predicted molar refractivity (Wildman–Crippen MR) is 110 cm³/mol. The quantitative estimate of drug-likeness (QED) is 0.220. The molecule has 0 saturated carbocycles. The van der Waals surface area contributed by atoms with Gasteiger partial charge < -0.3 is 16.2 Å². The van der Waals surface area contributed by atoms with Crippen LogP contribution >= 0.6 is 0 Å². The summed E-state index contributed by atoms with van der Waals surface area (Å²) in [6, 6.07) is 8.50. The molecule has 3 rings (SSSR count). The third-order valence-corrected chi connectivity index (χ3v) is 5.86. The third-order valence-electron chi connectivity index (χ3n) is 4.13. The monoisotopic (exact) mass is 452 g/mol. The van der Waals surface area contributed by atoms with Gasteiger partial charge in [0, 0.05) is 18.8 Å². The first-order valence-corrected chi connectivity index (χ1v) is 11.0. The minimum absolute atomic E-state index is 0.0538. The molecule has 0 heterocycles. The van der Waals surface area contributed by atoms with E-state index in [0.717, 1.165) is 18.2 Å². The van der Waals surface area contributed by atoms with E-state index in [1.807, 2.05) is 0 Å². The molecule has 3 aromatic rings.